The molecule has 0 aliphatic carbocycles. The molecule has 0 bridgehead atoms. The maximum atomic E-state index is 12.2. The number of anilines is 1. The van der Waals surface area contributed by atoms with Crippen LogP contribution in [0.4, 0.5) is 11.4 Å². The Hall–Kier alpha value is -3.16. The summed E-state index contributed by atoms with van der Waals surface area (Å²) in [5.41, 5.74) is 0.572. The number of nitro benzene ring substituents is 1. The third-order valence-corrected chi connectivity index (χ3v) is 4.89. The first kappa shape index (κ1) is 22.1. The second kappa shape index (κ2) is 9.86. The minimum absolute atomic E-state index is 0.105. The molecule has 0 aliphatic heterocycles. The molecule has 1 aromatic heterocycles. The monoisotopic (exact) mass is 434 g/mol. The van der Waals surface area contributed by atoms with E-state index < -0.39 is 16.8 Å². The van der Waals surface area contributed by atoms with Crippen LogP contribution in [0.15, 0.2) is 29.3 Å². The molecule has 11 heteroatoms. The number of thioether (sulfide) groups is 1. The van der Waals surface area contributed by atoms with E-state index in [9.17, 15) is 25.0 Å². The summed E-state index contributed by atoms with van der Waals surface area (Å²) in [4.78, 5) is 38.6. The molecule has 2 rings (SSSR count). The van der Waals surface area contributed by atoms with Crippen LogP contribution >= 0.6 is 23.4 Å². The number of halogens is 1. The molecule has 0 aliphatic rings. The fourth-order valence-electron chi connectivity index (χ4n) is 2.23. The number of nitrogens with zero attached hydrogens (tertiary/aromatic N) is 3. The Bertz CT molecular complexity index is 1020. The lowest BCUT2D eigenvalue weighted by molar-refractivity contribution is -0.384. The van der Waals surface area contributed by atoms with Crippen LogP contribution in [0.3, 0.4) is 0 Å². The van der Waals surface area contributed by atoms with Gasteiger partial charge in [0, 0.05) is 12.1 Å². The molecule has 0 fully saturated rings. The van der Waals surface area contributed by atoms with Crippen molar-refractivity contribution in [3.63, 3.8) is 0 Å². The number of aryl methyl sites for hydroxylation is 1. The molecule has 0 saturated heterocycles. The Morgan fingerprint density at radius 1 is 1.41 bits per heavy atom. The zero-order valence-corrected chi connectivity index (χ0v) is 17.0. The van der Waals surface area contributed by atoms with Gasteiger partial charge in [0.05, 0.1) is 44.8 Å². The van der Waals surface area contributed by atoms with Gasteiger partial charge in [-0.1, -0.05) is 23.4 Å². The Balaban J connectivity index is 2.13. The largest absolute Gasteiger partial charge is 0.462 e. The molecule has 1 aromatic carbocycles. The second-order valence-corrected chi connectivity index (χ2v) is 6.94. The number of hydrogen-bond donors (Lipinski definition) is 1. The summed E-state index contributed by atoms with van der Waals surface area (Å²) in [6.45, 7) is 3.46. The highest BCUT2D eigenvalue weighted by molar-refractivity contribution is 8.00. The number of aromatic nitrogens is 1. The van der Waals surface area contributed by atoms with Crippen LogP contribution in [0, 0.1) is 28.4 Å². The first-order valence-corrected chi connectivity index (χ1v) is 9.58. The normalized spacial score (nSPS) is 10.1. The number of rotatable bonds is 7. The summed E-state index contributed by atoms with van der Waals surface area (Å²) in [5, 5.41) is 23.1. The molecular weight excluding hydrogens is 420 g/mol. The van der Waals surface area contributed by atoms with Gasteiger partial charge < -0.3 is 10.1 Å². The van der Waals surface area contributed by atoms with Gasteiger partial charge in [-0.3, -0.25) is 14.9 Å². The van der Waals surface area contributed by atoms with Gasteiger partial charge in [-0.25, -0.2) is 9.78 Å². The molecule has 1 heterocycles. The van der Waals surface area contributed by atoms with Gasteiger partial charge in [0.15, 0.2) is 0 Å². The molecule has 29 heavy (non-hydrogen) atoms. The molecule has 0 radical (unpaired) electrons. The third-order valence-electron chi connectivity index (χ3n) is 3.57. The van der Waals surface area contributed by atoms with Gasteiger partial charge >= 0.3 is 5.97 Å². The SMILES string of the molecule is CCOC(=O)c1cc(C#N)c(SCC(=O)Nc2cc([N+](=O)[O-])ccc2Cl)nc1C. The van der Waals surface area contributed by atoms with Crippen molar-refractivity contribution in [1.29, 1.82) is 5.26 Å². The van der Waals surface area contributed by atoms with Crippen molar-refractivity contribution in [2.75, 3.05) is 17.7 Å². The minimum atomic E-state index is -0.599. The maximum absolute atomic E-state index is 12.2. The van der Waals surface area contributed by atoms with Crippen molar-refractivity contribution in [2.45, 2.75) is 18.9 Å². The van der Waals surface area contributed by atoms with E-state index in [-0.39, 0.29) is 44.9 Å². The van der Waals surface area contributed by atoms with Crippen molar-refractivity contribution >= 4 is 46.6 Å². The number of carbonyl (C=O) groups is 2. The van der Waals surface area contributed by atoms with Crippen molar-refractivity contribution in [3.05, 3.63) is 56.2 Å². The topological polar surface area (TPSA) is 135 Å². The highest BCUT2D eigenvalue weighted by atomic mass is 35.5. The number of benzene rings is 1. The molecule has 2 aromatic rings. The number of nitrogens with one attached hydrogen (secondary N) is 1. The first-order valence-electron chi connectivity index (χ1n) is 8.22. The molecule has 1 amide bonds. The molecule has 0 saturated carbocycles. The maximum Gasteiger partial charge on any atom is 0.340 e. The Morgan fingerprint density at radius 3 is 2.76 bits per heavy atom. The lowest BCUT2D eigenvalue weighted by Crippen LogP contribution is -2.15. The zero-order chi connectivity index (χ0) is 21.6. The van der Waals surface area contributed by atoms with E-state index in [2.05, 4.69) is 10.3 Å². The summed E-state index contributed by atoms with van der Waals surface area (Å²) < 4.78 is 4.93. The second-order valence-electron chi connectivity index (χ2n) is 5.56. The van der Waals surface area contributed by atoms with Gasteiger partial charge in [0.1, 0.15) is 11.1 Å². The average molecular weight is 435 g/mol. The minimum Gasteiger partial charge on any atom is -0.462 e. The third kappa shape index (κ3) is 5.66. The van der Waals surface area contributed by atoms with Crippen LogP contribution in [0.5, 0.6) is 0 Å². The molecule has 0 spiro atoms. The Labute approximate surface area is 175 Å². The van der Waals surface area contributed by atoms with E-state index in [1.165, 1.54) is 18.2 Å². The predicted molar refractivity (Wildman–Crippen MR) is 107 cm³/mol. The lowest BCUT2D eigenvalue weighted by Gasteiger charge is -2.10. The molecule has 9 nitrogen and oxygen atoms in total. The van der Waals surface area contributed by atoms with Gasteiger partial charge in [-0.05, 0) is 26.0 Å². The number of nitro groups is 1. The van der Waals surface area contributed by atoms with E-state index in [1.54, 1.807) is 13.8 Å². The van der Waals surface area contributed by atoms with Crippen LogP contribution < -0.4 is 5.32 Å². The molecule has 0 unspecified atom stereocenters. The van der Waals surface area contributed by atoms with Crippen LogP contribution in [-0.2, 0) is 9.53 Å². The smallest absolute Gasteiger partial charge is 0.340 e. The average Bonchev–Trinajstić information content (AvgIpc) is 2.68. The summed E-state index contributed by atoms with van der Waals surface area (Å²) in [7, 11) is 0. The van der Waals surface area contributed by atoms with Gasteiger partial charge in [-0.2, -0.15) is 5.26 Å². The van der Waals surface area contributed by atoms with Gasteiger partial charge in [0.25, 0.3) is 5.69 Å². The number of carbonyl (C=O) groups excluding carboxylic acids is 2. The van der Waals surface area contributed by atoms with Crippen molar-refractivity contribution < 1.29 is 19.2 Å². The van der Waals surface area contributed by atoms with Gasteiger partial charge in [0.2, 0.25) is 5.91 Å². The predicted octanol–water partition coefficient (Wildman–Crippen LogP) is 3.73. The number of non-ortho nitro benzene ring substituents is 1. The summed E-state index contributed by atoms with van der Waals surface area (Å²) >= 11 is 6.95. The zero-order valence-electron chi connectivity index (χ0n) is 15.4. The molecule has 0 atom stereocenters. The molecule has 150 valence electrons. The Kier molecular flexibility index (Phi) is 7.52. The number of pyridine rings is 1. The van der Waals surface area contributed by atoms with Crippen molar-refractivity contribution in [1.82, 2.24) is 4.98 Å². The number of ether oxygens (including phenoxy) is 1. The van der Waals surface area contributed by atoms with Crippen LogP contribution in [-0.4, -0.2) is 34.1 Å². The van der Waals surface area contributed by atoms with Crippen LogP contribution in [0.25, 0.3) is 0 Å². The highest BCUT2D eigenvalue weighted by Gasteiger charge is 2.18. The fraction of sp³-hybridized carbons (Fsp3) is 0.222. The molecular formula is C18H15ClN4O5S. The number of hydrogen-bond acceptors (Lipinski definition) is 8. The van der Waals surface area contributed by atoms with E-state index in [0.29, 0.717) is 5.69 Å². The molecule has 1 N–H and O–H groups in total. The van der Waals surface area contributed by atoms with E-state index in [1.807, 2.05) is 6.07 Å². The van der Waals surface area contributed by atoms with Crippen molar-refractivity contribution in [3.8, 4) is 6.07 Å². The fourth-order valence-corrected chi connectivity index (χ4v) is 3.20. The number of esters is 1. The Morgan fingerprint density at radius 2 is 2.14 bits per heavy atom. The van der Waals surface area contributed by atoms with Gasteiger partial charge in [-0.15, -0.1) is 0 Å². The van der Waals surface area contributed by atoms with Crippen LogP contribution in [0.1, 0.15) is 28.5 Å². The first-order chi connectivity index (χ1) is 13.8. The highest BCUT2D eigenvalue weighted by Crippen LogP contribution is 2.28. The summed E-state index contributed by atoms with van der Waals surface area (Å²) in [6.07, 6.45) is 0. The standard InChI is InChI=1S/C18H15ClN4O5S/c1-3-28-18(25)13-6-11(8-20)17(21-10(13)2)29-9-16(24)22-15-7-12(23(26)27)4-5-14(15)19/h4-7H,3,9H2,1-2H3,(H,22,24). The lowest BCUT2D eigenvalue weighted by atomic mass is 10.1. The van der Waals surface area contributed by atoms with Crippen LogP contribution in [0.2, 0.25) is 5.02 Å². The number of nitriles is 1. The summed E-state index contributed by atoms with van der Waals surface area (Å²) in [6, 6.07) is 7.01. The number of amides is 1. The summed E-state index contributed by atoms with van der Waals surface area (Å²) in [5.74, 6) is -1.20. The van der Waals surface area contributed by atoms with E-state index >= 15 is 0 Å². The van der Waals surface area contributed by atoms with Crippen molar-refractivity contribution in [2.24, 2.45) is 0 Å². The van der Waals surface area contributed by atoms with E-state index in [4.69, 9.17) is 16.3 Å². The van der Waals surface area contributed by atoms with E-state index in [0.717, 1.165) is 17.8 Å². The quantitative estimate of drug-likeness (QED) is 0.301.